The van der Waals surface area contributed by atoms with Crippen LogP contribution in [0.25, 0.3) is 0 Å². The Kier molecular flexibility index (Phi) is 5.46. The summed E-state index contributed by atoms with van der Waals surface area (Å²) in [5.74, 6) is -0.576. The Morgan fingerprint density at radius 3 is 2.12 bits per heavy atom. The van der Waals surface area contributed by atoms with Gasteiger partial charge in [-0.25, -0.2) is 12.8 Å². The van der Waals surface area contributed by atoms with Gasteiger partial charge >= 0.3 is 0 Å². The maximum atomic E-state index is 13.2. The fourth-order valence-corrected chi connectivity index (χ4v) is 4.91. The van der Waals surface area contributed by atoms with Crippen LogP contribution in [0.1, 0.15) is 0 Å². The molecule has 1 saturated heterocycles. The molecule has 0 amide bonds. The fraction of sp³-hybridized carbons (Fsp3) is 0.250. The molecule has 0 atom stereocenters. The van der Waals surface area contributed by atoms with Crippen molar-refractivity contribution >= 4 is 50.5 Å². The molecule has 1 fully saturated rings. The van der Waals surface area contributed by atoms with Crippen LogP contribution < -0.4 is 4.90 Å². The summed E-state index contributed by atoms with van der Waals surface area (Å²) in [6.45, 7) is 1.57. The Balaban J connectivity index is 1.76. The van der Waals surface area contributed by atoms with E-state index in [1.807, 2.05) is 11.0 Å². The summed E-state index contributed by atoms with van der Waals surface area (Å²) in [7, 11) is -3.77. The first kappa shape index (κ1) is 18.7. The van der Waals surface area contributed by atoms with Gasteiger partial charge in [0.15, 0.2) is 0 Å². The standard InChI is InChI=1S/C16H14Cl3FN2O2S/c17-13-3-2-12(10-14(13)18)21-5-7-22(8-6-21)25(23,24)16-4-1-11(20)9-15(16)19/h1-4,9-10H,5-8H2. The Hall–Kier alpha value is -1.05. The van der Waals surface area contributed by atoms with Crippen LogP contribution in [0.4, 0.5) is 10.1 Å². The van der Waals surface area contributed by atoms with E-state index in [-0.39, 0.29) is 23.0 Å². The first-order valence-corrected chi connectivity index (χ1v) is 10.0. The number of hydrogen-bond donors (Lipinski definition) is 0. The largest absolute Gasteiger partial charge is 0.369 e. The van der Waals surface area contributed by atoms with Crippen LogP contribution in [0.5, 0.6) is 0 Å². The van der Waals surface area contributed by atoms with Crippen molar-refractivity contribution in [3.63, 3.8) is 0 Å². The van der Waals surface area contributed by atoms with Gasteiger partial charge in [-0.3, -0.25) is 0 Å². The molecule has 25 heavy (non-hydrogen) atoms. The van der Waals surface area contributed by atoms with Gasteiger partial charge < -0.3 is 4.90 Å². The van der Waals surface area contributed by atoms with E-state index in [4.69, 9.17) is 34.8 Å². The fourth-order valence-electron chi connectivity index (χ4n) is 2.69. The van der Waals surface area contributed by atoms with Gasteiger partial charge in [0, 0.05) is 31.9 Å². The summed E-state index contributed by atoms with van der Waals surface area (Å²) in [4.78, 5) is 1.94. The van der Waals surface area contributed by atoms with Crippen molar-refractivity contribution in [3.05, 3.63) is 57.3 Å². The van der Waals surface area contributed by atoms with Gasteiger partial charge in [0.2, 0.25) is 10.0 Å². The average molecular weight is 424 g/mol. The second kappa shape index (κ2) is 7.29. The maximum absolute atomic E-state index is 13.2. The molecular formula is C16H14Cl3FN2O2S. The molecule has 0 aliphatic carbocycles. The topological polar surface area (TPSA) is 40.6 Å². The number of halogens is 4. The van der Waals surface area contributed by atoms with Gasteiger partial charge in [0.05, 0.1) is 15.1 Å². The van der Waals surface area contributed by atoms with E-state index in [9.17, 15) is 12.8 Å². The molecule has 1 heterocycles. The van der Waals surface area contributed by atoms with E-state index in [0.717, 1.165) is 17.8 Å². The maximum Gasteiger partial charge on any atom is 0.244 e. The highest BCUT2D eigenvalue weighted by Crippen LogP contribution is 2.30. The Morgan fingerprint density at radius 2 is 1.52 bits per heavy atom. The van der Waals surface area contributed by atoms with Crippen molar-refractivity contribution < 1.29 is 12.8 Å². The molecule has 4 nitrogen and oxygen atoms in total. The van der Waals surface area contributed by atoms with E-state index in [2.05, 4.69) is 0 Å². The zero-order valence-corrected chi connectivity index (χ0v) is 16.0. The molecule has 9 heteroatoms. The number of nitrogens with zero attached hydrogens (tertiary/aromatic N) is 2. The van der Waals surface area contributed by atoms with Gasteiger partial charge in [0.25, 0.3) is 0 Å². The zero-order valence-electron chi connectivity index (χ0n) is 12.9. The van der Waals surface area contributed by atoms with Crippen LogP contribution in [-0.2, 0) is 10.0 Å². The minimum atomic E-state index is -3.77. The molecular weight excluding hydrogens is 410 g/mol. The van der Waals surface area contributed by atoms with Crippen molar-refractivity contribution in [3.8, 4) is 0 Å². The average Bonchev–Trinajstić information content (AvgIpc) is 2.57. The molecule has 134 valence electrons. The van der Waals surface area contributed by atoms with Gasteiger partial charge in [-0.15, -0.1) is 0 Å². The van der Waals surface area contributed by atoms with Crippen molar-refractivity contribution in [2.45, 2.75) is 4.90 Å². The van der Waals surface area contributed by atoms with Crippen molar-refractivity contribution in [2.24, 2.45) is 0 Å². The lowest BCUT2D eigenvalue weighted by Gasteiger charge is -2.35. The molecule has 0 spiro atoms. The van der Waals surface area contributed by atoms with E-state index in [0.29, 0.717) is 23.1 Å². The molecule has 0 aromatic heterocycles. The van der Waals surface area contributed by atoms with Crippen LogP contribution >= 0.6 is 34.8 Å². The van der Waals surface area contributed by atoms with Crippen LogP contribution in [-0.4, -0.2) is 38.9 Å². The highest BCUT2D eigenvalue weighted by atomic mass is 35.5. The smallest absolute Gasteiger partial charge is 0.244 e. The monoisotopic (exact) mass is 422 g/mol. The summed E-state index contributed by atoms with van der Waals surface area (Å²) in [6.07, 6.45) is 0. The predicted molar refractivity (Wildman–Crippen MR) is 98.8 cm³/mol. The molecule has 1 aliphatic rings. The summed E-state index contributed by atoms with van der Waals surface area (Å²) in [5.41, 5.74) is 0.881. The van der Waals surface area contributed by atoms with Crippen molar-refractivity contribution in [1.82, 2.24) is 4.31 Å². The third kappa shape index (κ3) is 3.88. The third-order valence-electron chi connectivity index (χ3n) is 4.02. The molecule has 2 aromatic rings. The normalized spacial score (nSPS) is 16.2. The molecule has 1 aliphatic heterocycles. The number of hydrogen-bond acceptors (Lipinski definition) is 3. The summed E-state index contributed by atoms with van der Waals surface area (Å²) >= 11 is 17.9. The first-order chi connectivity index (χ1) is 11.8. The van der Waals surface area contributed by atoms with Crippen LogP contribution in [0.3, 0.4) is 0 Å². The Labute approximate surface area is 160 Å². The zero-order chi connectivity index (χ0) is 18.2. The molecule has 0 bridgehead atoms. The Bertz CT molecular complexity index is 900. The lowest BCUT2D eigenvalue weighted by Crippen LogP contribution is -2.48. The summed E-state index contributed by atoms with van der Waals surface area (Å²) < 4.78 is 40.0. The lowest BCUT2D eigenvalue weighted by atomic mass is 10.2. The molecule has 2 aromatic carbocycles. The number of piperazine rings is 1. The van der Waals surface area contributed by atoms with Crippen LogP contribution in [0.15, 0.2) is 41.3 Å². The van der Waals surface area contributed by atoms with E-state index >= 15 is 0 Å². The molecule has 0 N–H and O–H groups in total. The van der Waals surface area contributed by atoms with Crippen molar-refractivity contribution in [1.29, 1.82) is 0 Å². The number of sulfonamides is 1. The lowest BCUT2D eigenvalue weighted by molar-refractivity contribution is 0.385. The van der Waals surface area contributed by atoms with Crippen LogP contribution in [0.2, 0.25) is 15.1 Å². The first-order valence-electron chi connectivity index (χ1n) is 7.44. The predicted octanol–water partition coefficient (Wildman–Crippen LogP) is 4.30. The third-order valence-corrected chi connectivity index (χ3v) is 7.14. The van der Waals surface area contributed by atoms with Crippen molar-refractivity contribution in [2.75, 3.05) is 31.1 Å². The minimum absolute atomic E-state index is 0.0847. The molecule has 0 radical (unpaired) electrons. The quantitative estimate of drug-likeness (QED) is 0.739. The Morgan fingerprint density at radius 1 is 0.840 bits per heavy atom. The summed E-state index contributed by atoms with van der Waals surface area (Å²) in [5, 5.41) is 0.803. The van der Waals surface area contributed by atoms with Gasteiger partial charge in [-0.2, -0.15) is 4.31 Å². The van der Waals surface area contributed by atoms with Gasteiger partial charge in [0.1, 0.15) is 10.7 Å². The van der Waals surface area contributed by atoms with E-state index < -0.39 is 15.8 Å². The minimum Gasteiger partial charge on any atom is -0.369 e. The second-order valence-corrected chi connectivity index (χ2v) is 8.69. The SMILES string of the molecule is O=S(=O)(c1ccc(F)cc1Cl)N1CCN(c2ccc(Cl)c(Cl)c2)CC1. The number of anilines is 1. The van der Waals surface area contributed by atoms with E-state index in [1.54, 1.807) is 12.1 Å². The van der Waals surface area contributed by atoms with E-state index in [1.165, 1.54) is 10.4 Å². The highest BCUT2D eigenvalue weighted by molar-refractivity contribution is 7.89. The number of benzene rings is 2. The van der Waals surface area contributed by atoms with Gasteiger partial charge in [-0.1, -0.05) is 34.8 Å². The summed E-state index contributed by atoms with van der Waals surface area (Å²) in [6, 6.07) is 8.59. The molecule has 0 saturated carbocycles. The number of rotatable bonds is 3. The molecule has 3 rings (SSSR count). The van der Waals surface area contributed by atoms with Crippen LogP contribution in [0, 0.1) is 5.82 Å². The molecule has 0 unspecified atom stereocenters. The second-order valence-electron chi connectivity index (χ2n) is 5.56. The van der Waals surface area contributed by atoms with Gasteiger partial charge in [-0.05, 0) is 36.4 Å². The highest BCUT2D eigenvalue weighted by Gasteiger charge is 2.30.